The number of terminal acetylenes is 1. The molecule has 4 rings (SSSR count). The van der Waals surface area contributed by atoms with Crippen molar-refractivity contribution in [3.05, 3.63) is 70.6 Å². The third-order valence-corrected chi connectivity index (χ3v) is 6.67. The van der Waals surface area contributed by atoms with E-state index in [1.165, 1.54) is 20.1 Å². The van der Waals surface area contributed by atoms with Gasteiger partial charge >= 0.3 is 0 Å². The number of ketones is 1. The van der Waals surface area contributed by atoms with Crippen molar-refractivity contribution in [1.29, 1.82) is 0 Å². The van der Waals surface area contributed by atoms with E-state index < -0.39 is 40.9 Å². The number of nitrogens with zero attached hydrogens (tertiary/aromatic N) is 3. The molecule has 9 nitrogen and oxygen atoms in total. The minimum absolute atomic E-state index is 0.0210. The number of benzene rings is 2. The fourth-order valence-corrected chi connectivity index (χ4v) is 4.35. The number of anilines is 2. The van der Waals surface area contributed by atoms with Crippen molar-refractivity contribution >= 4 is 23.3 Å². The molecule has 1 aromatic heterocycles. The average molecular weight is 586 g/mol. The van der Waals surface area contributed by atoms with E-state index in [9.17, 15) is 27.2 Å². The van der Waals surface area contributed by atoms with Crippen molar-refractivity contribution in [2.24, 2.45) is 0 Å². The van der Waals surface area contributed by atoms with Crippen LogP contribution in [0, 0.1) is 35.6 Å². The molecular weight excluding hydrogens is 558 g/mol. The van der Waals surface area contributed by atoms with Crippen molar-refractivity contribution in [3.63, 3.8) is 0 Å². The highest BCUT2D eigenvalue weighted by Gasteiger charge is 2.27. The molecule has 220 valence electrons. The van der Waals surface area contributed by atoms with E-state index in [0.29, 0.717) is 11.3 Å². The molecule has 1 atom stereocenters. The maximum Gasteiger partial charge on any atom is 0.251 e. The first-order chi connectivity index (χ1) is 20.0. The van der Waals surface area contributed by atoms with E-state index in [1.807, 2.05) is 7.05 Å². The molecule has 2 aromatic carbocycles. The summed E-state index contributed by atoms with van der Waals surface area (Å²) in [5.41, 5.74) is 0.238. The largest absolute Gasteiger partial charge is 0.495 e. The lowest BCUT2D eigenvalue weighted by atomic mass is 10.0. The van der Waals surface area contributed by atoms with E-state index in [2.05, 4.69) is 31.4 Å². The summed E-state index contributed by atoms with van der Waals surface area (Å²) >= 11 is 0. The SMILES string of the molecule is C#CC(Oc1c(F)c(F)cc(F)c1F)c1nc(Nc2ccc(C(=O)NC3CCN(C)CC3)cc2OC)ncc1C(C)=O. The predicted molar refractivity (Wildman–Crippen MR) is 145 cm³/mol. The minimum Gasteiger partial charge on any atom is -0.495 e. The van der Waals surface area contributed by atoms with Crippen LogP contribution in [0.15, 0.2) is 30.5 Å². The minimum atomic E-state index is -1.81. The molecule has 1 saturated heterocycles. The van der Waals surface area contributed by atoms with E-state index in [0.717, 1.165) is 32.1 Å². The molecular formula is C29H27F4N5O4. The van der Waals surface area contributed by atoms with Crippen molar-refractivity contribution in [1.82, 2.24) is 20.2 Å². The number of hydrogen-bond acceptors (Lipinski definition) is 8. The number of likely N-dealkylation sites (tertiary alicyclic amines) is 1. The van der Waals surface area contributed by atoms with Crippen LogP contribution in [0.5, 0.6) is 11.5 Å². The van der Waals surface area contributed by atoms with Crippen molar-refractivity contribution < 1.29 is 36.6 Å². The lowest BCUT2D eigenvalue weighted by Gasteiger charge is -2.29. The lowest BCUT2D eigenvalue weighted by Crippen LogP contribution is -2.43. The van der Waals surface area contributed by atoms with Crippen LogP contribution in [0.4, 0.5) is 29.2 Å². The van der Waals surface area contributed by atoms with Crippen LogP contribution in [-0.4, -0.2) is 59.8 Å². The third-order valence-electron chi connectivity index (χ3n) is 6.67. The second-order valence-corrected chi connectivity index (χ2v) is 9.60. The molecule has 13 heteroatoms. The van der Waals surface area contributed by atoms with E-state index in [1.54, 1.807) is 12.1 Å². The topological polar surface area (TPSA) is 106 Å². The highest BCUT2D eigenvalue weighted by Crippen LogP contribution is 2.33. The molecule has 0 saturated carbocycles. The smallest absolute Gasteiger partial charge is 0.251 e. The number of carbonyl (C=O) groups is 2. The highest BCUT2D eigenvalue weighted by atomic mass is 19.2. The first kappa shape index (κ1) is 30.3. The van der Waals surface area contributed by atoms with Gasteiger partial charge in [-0.05, 0) is 58.1 Å². The number of carbonyl (C=O) groups excluding carboxylic acids is 2. The molecule has 2 heterocycles. The molecule has 1 fully saturated rings. The molecule has 3 aromatic rings. The Hall–Kier alpha value is -4.70. The lowest BCUT2D eigenvalue weighted by molar-refractivity contribution is 0.0916. The van der Waals surface area contributed by atoms with Crippen LogP contribution in [0.3, 0.4) is 0 Å². The molecule has 1 amide bonds. The van der Waals surface area contributed by atoms with Crippen LogP contribution in [0.1, 0.15) is 52.3 Å². The van der Waals surface area contributed by atoms with Crippen molar-refractivity contribution in [2.45, 2.75) is 31.9 Å². The summed E-state index contributed by atoms with van der Waals surface area (Å²) in [6.07, 6.45) is 6.54. The van der Waals surface area contributed by atoms with Crippen LogP contribution >= 0.6 is 0 Å². The molecule has 0 bridgehead atoms. The number of piperidine rings is 1. The Morgan fingerprint density at radius 2 is 1.79 bits per heavy atom. The molecule has 42 heavy (non-hydrogen) atoms. The summed E-state index contributed by atoms with van der Waals surface area (Å²) in [6, 6.07) is 4.72. The molecule has 0 spiro atoms. The quantitative estimate of drug-likeness (QED) is 0.163. The first-order valence-electron chi connectivity index (χ1n) is 12.8. The highest BCUT2D eigenvalue weighted by molar-refractivity contribution is 5.96. The van der Waals surface area contributed by atoms with Gasteiger partial charge in [0.2, 0.25) is 23.7 Å². The zero-order valence-corrected chi connectivity index (χ0v) is 22.9. The number of aromatic nitrogens is 2. The van der Waals surface area contributed by atoms with Gasteiger partial charge in [-0.3, -0.25) is 9.59 Å². The molecule has 1 aliphatic heterocycles. The van der Waals surface area contributed by atoms with Crippen LogP contribution in [-0.2, 0) is 0 Å². The number of halogens is 4. The second-order valence-electron chi connectivity index (χ2n) is 9.60. The molecule has 1 unspecified atom stereocenters. The van der Waals surface area contributed by atoms with Gasteiger partial charge in [-0.15, -0.1) is 6.42 Å². The number of ether oxygens (including phenoxy) is 2. The maximum atomic E-state index is 14.3. The van der Waals surface area contributed by atoms with Gasteiger partial charge < -0.3 is 25.0 Å². The van der Waals surface area contributed by atoms with Gasteiger partial charge in [-0.1, -0.05) is 5.92 Å². The monoisotopic (exact) mass is 585 g/mol. The Morgan fingerprint density at radius 1 is 1.12 bits per heavy atom. The van der Waals surface area contributed by atoms with E-state index >= 15 is 0 Å². The van der Waals surface area contributed by atoms with Crippen molar-refractivity contribution in [2.75, 3.05) is 32.6 Å². The predicted octanol–water partition coefficient (Wildman–Crippen LogP) is 4.57. The Labute approximate surface area is 239 Å². The Morgan fingerprint density at radius 3 is 2.38 bits per heavy atom. The first-order valence-corrected chi connectivity index (χ1v) is 12.8. The summed E-state index contributed by atoms with van der Waals surface area (Å²) < 4.78 is 66.5. The van der Waals surface area contributed by atoms with Gasteiger partial charge in [0, 0.05) is 23.9 Å². The van der Waals surface area contributed by atoms with Crippen LogP contribution in [0.2, 0.25) is 0 Å². The number of hydrogen-bond donors (Lipinski definition) is 2. The number of amides is 1. The van der Waals surface area contributed by atoms with Gasteiger partial charge in [0.15, 0.2) is 23.2 Å². The summed E-state index contributed by atoms with van der Waals surface area (Å²) in [5.74, 6) is -7.05. The van der Waals surface area contributed by atoms with Crippen LogP contribution in [0.25, 0.3) is 0 Å². The zero-order chi connectivity index (χ0) is 30.6. The van der Waals surface area contributed by atoms with Gasteiger partial charge in [-0.2, -0.15) is 8.78 Å². The number of rotatable bonds is 9. The Bertz CT molecular complexity index is 1530. The fourth-order valence-electron chi connectivity index (χ4n) is 4.35. The molecule has 1 aliphatic rings. The van der Waals surface area contributed by atoms with Gasteiger partial charge in [0.1, 0.15) is 11.4 Å². The fraction of sp³-hybridized carbons (Fsp3) is 0.310. The summed E-state index contributed by atoms with van der Waals surface area (Å²) in [4.78, 5) is 35.6. The Kier molecular flexibility index (Phi) is 9.27. The summed E-state index contributed by atoms with van der Waals surface area (Å²) in [5, 5.41) is 5.90. The molecule has 0 aliphatic carbocycles. The van der Waals surface area contributed by atoms with Crippen LogP contribution < -0.4 is 20.1 Å². The van der Waals surface area contributed by atoms with Crippen molar-refractivity contribution in [3.8, 4) is 23.8 Å². The van der Waals surface area contributed by atoms with Gasteiger partial charge in [-0.25, -0.2) is 18.7 Å². The van der Waals surface area contributed by atoms with E-state index in [-0.39, 0.29) is 41.0 Å². The molecule has 2 N–H and O–H groups in total. The van der Waals surface area contributed by atoms with Gasteiger partial charge in [0.25, 0.3) is 5.91 Å². The number of methoxy groups -OCH3 is 1. The summed E-state index contributed by atoms with van der Waals surface area (Å²) in [6.45, 7) is 2.94. The zero-order valence-electron chi connectivity index (χ0n) is 22.9. The third kappa shape index (κ3) is 6.60. The normalized spacial score (nSPS) is 14.5. The van der Waals surface area contributed by atoms with E-state index in [4.69, 9.17) is 15.9 Å². The average Bonchev–Trinajstić information content (AvgIpc) is 2.97. The standard InChI is InChI=1S/C29H27F4N5O4/c1-5-22(42-27-24(32)19(30)13-20(31)25(27)33)26-18(15(2)39)14-34-29(37-26)36-21-7-6-16(12-23(21)41-4)28(40)35-17-8-10-38(3)11-9-17/h1,6-7,12-14,17,22H,8-11H2,2-4H3,(H,35,40)(H,34,36,37). The maximum absolute atomic E-state index is 14.3. The second kappa shape index (κ2) is 12.9. The Balaban J connectivity index is 1.60. The molecule has 0 radical (unpaired) electrons. The number of nitrogens with one attached hydrogen (secondary N) is 2. The summed E-state index contributed by atoms with van der Waals surface area (Å²) in [7, 11) is 3.42. The van der Waals surface area contributed by atoms with Gasteiger partial charge in [0.05, 0.1) is 18.4 Å². The number of Topliss-reactive ketones (excluding diaryl/α,β-unsaturated/α-hetero) is 1.